The second kappa shape index (κ2) is 12.6. The Morgan fingerprint density at radius 1 is 1.05 bits per heavy atom. The smallest absolute Gasteiger partial charge is 0.237 e. The predicted octanol–water partition coefficient (Wildman–Crippen LogP) is 4.77. The number of piperazine rings is 1. The van der Waals surface area contributed by atoms with Gasteiger partial charge in [0.1, 0.15) is 17.4 Å². The highest BCUT2D eigenvalue weighted by molar-refractivity contribution is 7.93. The zero-order valence-corrected chi connectivity index (χ0v) is 27.3. The second-order valence-corrected chi connectivity index (χ2v) is 15.0. The van der Waals surface area contributed by atoms with Gasteiger partial charge in [0.25, 0.3) is 0 Å². The Morgan fingerprint density at radius 3 is 2.59 bits per heavy atom. The normalized spacial score (nSPS) is 19.7. The highest BCUT2D eigenvalue weighted by Gasteiger charge is 2.36. The van der Waals surface area contributed by atoms with Gasteiger partial charge in [-0.3, -0.25) is 9.21 Å². The van der Waals surface area contributed by atoms with Crippen molar-refractivity contribution in [2.45, 2.75) is 44.0 Å². The van der Waals surface area contributed by atoms with E-state index in [1.165, 1.54) is 36.4 Å². The highest BCUT2D eigenvalue weighted by atomic mass is 35.5. The molecule has 3 aliphatic heterocycles. The molecule has 11 nitrogen and oxygen atoms in total. The number of fused-ring (bicyclic) bond motifs is 3. The largest absolute Gasteiger partial charge is 0.489 e. The average molecular weight is 641 g/mol. The first kappa shape index (κ1) is 30.7. The first-order chi connectivity index (χ1) is 21.1. The number of nitrogens with one attached hydrogen (secondary N) is 2. The van der Waals surface area contributed by atoms with Crippen LogP contribution >= 0.6 is 11.6 Å². The maximum atomic E-state index is 12.8. The molecular formula is C31H41ClN8O3S. The van der Waals surface area contributed by atoms with Gasteiger partial charge in [0.05, 0.1) is 34.6 Å². The maximum absolute atomic E-state index is 12.8. The summed E-state index contributed by atoms with van der Waals surface area (Å²) in [4.78, 5) is 16.6. The van der Waals surface area contributed by atoms with Gasteiger partial charge in [-0.05, 0) is 71.1 Å². The Morgan fingerprint density at radius 2 is 1.82 bits per heavy atom. The molecule has 2 saturated heterocycles. The minimum Gasteiger partial charge on any atom is -0.489 e. The molecule has 4 heterocycles. The maximum Gasteiger partial charge on any atom is 0.237 e. The number of anilines is 6. The van der Waals surface area contributed by atoms with Gasteiger partial charge in [-0.1, -0.05) is 23.7 Å². The lowest BCUT2D eigenvalue weighted by atomic mass is 10.00. The van der Waals surface area contributed by atoms with Crippen molar-refractivity contribution in [1.29, 1.82) is 0 Å². The Hall–Kier alpha value is -3.32. The Balaban J connectivity index is 1.15. The number of rotatable bonds is 8. The third-order valence-electron chi connectivity index (χ3n) is 8.89. The Labute approximate surface area is 265 Å². The molecule has 0 aliphatic carbocycles. The van der Waals surface area contributed by atoms with E-state index in [-0.39, 0.29) is 0 Å². The van der Waals surface area contributed by atoms with Crippen molar-refractivity contribution in [2.24, 2.45) is 0 Å². The van der Waals surface area contributed by atoms with Crippen LogP contribution in [0.25, 0.3) is 0 Å². The summed E-state index contributed by atoms with van der Waals surface area (Å²) >= 11 is 6.47. The Kier molecular flexibility index (Phi) is 8.78. The minimum atomic E-state index is -3.53. The summed E-state index contributed by atoms with van der Waals surface area (Å²) in [6.07, 6.45) is 3.99. The molecule has 2 N–H and O–H groups in total. The molecule has 0 radical (unpaired) electrons. The number of piperidine rings is 1. The summed E-state index contributed by atoms with van der Waals surface area (Å²) in [7, 11) is 0.220. The van der Waals surface area contributed by atoms with E-state index in [1.807, 2.05) is 18.2 Å². The minimum absolute atomic E-state index is 0.305. The third-order valence-corrected chi connectivity index (χ3v) is 11.3. The molecule has 13 heteroatoms. The molecule has 0 bridgehead atoms. The first-order valence-electron chi connectivity index (χ1n) is 15.2. The zero-order valence-electron chi connectivity index (χ0n) is 25.7. The number of hydrogen-bond donors (Lipinski definition) is 2. The van der Waals surface area contributed by atoms with Crippen molar-refractivity contribution >= 4 is 56.1 Å². The van der Waals surface area contributed by atoms with Crippen molar-refractivity contribution < 1.29 is 13.2 Å². The second-order valence-electron chi connectivity index (χ2n) is 12.1. The lowest BCUT2D eigenvalue weighted by molar-refractivity contribution is 0.0868. The SMILES string of the molecule is CC(C)S(=O)(=O)N(C)c1ccccc1Nc1nc(Nc2ccc3c(c2)OC[C@H]2CN(C4CCN(C)CC4)CCN32)ncc1Cl. The van der Waals surface area contributed by atoms with E-state index in [1.54, 1.807) is 39.1 Å². The van der Waals surface area contributed by atoms with Crippen LogP contribution in [0.2, 0.25) is 5.02 Å². The van der Waals surface area contributed by atoms with E-state index in [2.05, 4.69) is 48.4 Å². The van der Waals surface area contributed by atoms with Crippen LogP contribution in [0.3, 0.4) is 0 Å². The van der Waals surface area contributed by atoms with Gasteiger partial charge in [0.2, 0.25) is 16.0 Å². The molecule has 0 spiro atoms. The van der Waals surface area contributed by atoms with E-state index in [0.29, 0.717) is 46.9 Å². The predicted molar refractivity (Wildman–Crippen MR) is 178 cm³/mol. The third kappa shape index (κ3) is 6.26. The topological polar surface area (TPSA) is 106 Å². The van der Waals surface area contributed by atoms with Gasteiger partial charge in [-0.2, -0.15) is 4.98 Å². The highest BCUT2D eigenvalue weighted by Crippen LogP contribution is 2.39. The number of ether oxygens (including phenoxy) is 1. The van der Waals surface area contributed by atoms with E-state index < -0.39 is 15.3 Å². The van der Waals surface area contributed by atoms with Crippen molar-refractivity contribution in [3.63, 3.8) is 0 Å². The molecular weight excluding hydrogens is 600 g/mol. The number of benzene rings is 2. The monoisotopic (exact) mass is 640 g/mol. The number of hydrogen-bond acceptors (Lipinski definition) is 10. The number of para-hydroxylation sites is 2. The van der Waals surface area contributed by atoms with E-state index in [4.69, 9.17) is 16.3 Å². The van der Waals surface area contributed by atoms with Crippen molar-refractivity contribution in [3.05, 3.63) is 53.7 Å². The van der Waals surface area contributed by atoms with Gasteiger partial charge in [-0.15, -0.1) is 0 Å². The van der Waals surface area contributed by atoms with Crippen LogP contribution in [0, 0.1) is 0 Å². The van der Waals surface area contributed by atoms with Crippen LogP contribution in [0.15, 0.2) is 48.7 Å². The van der Waals surface area contributed by atoms with Crippen molar-refractivity contribution in [1.82, 2.24) is 19.8 Å². The lowest BCUT2D eigenvalue weighted by Crippen LogP contribution is -2.60. The summed E-state index contributed by atoms with van der Waals surface area (Å²) in [5, 5.41) is 6.21. The molecule has 236 valence electrons. The molecule has 0 saturated carbocycles. The van der Waals surface area contributed by atoms with Crippen LogP contribution in [0.1, 0.15) is 26.7 Å². The zero-order chi connectivity index (χ0) is 31.0. The van der Waals surface area contributed by atoms with Crippen LogP contribution < -0.4 is 24.6 Å². The van der Waals surface area contributed by atoms with Gasteiger partial charge in [0, 0.05) is 44.5 Å². The molecule has 3 aliphatic rings. The fourth-order valence-corrected chi connectivity index (χ4v) is 7.44. The van der Waals surface area contributed by atoms with Crippen molar-refractivity contribution in [3.8, 4) is 5.75 Å². The van der Waals surface area contributed by atoms with Crippen molar-refractivity contribution in [2.75, 3.05) is 73.3 Å². The fourth-order valence-electron chi connectivity index (χ4n) is 6.24. The molecule has 6 rings (SSSR count). The molecule has 2 aromatic carbocycles. The number of likely N-dealkylation sites (tertiary alicyclic amines) is 1. The van der Waals surface area contributed by atoms with Crippen LogP contribution in [0.5, 0.6) is 5.75 Å². The number of aromatic nitrogens is 2. The Bertz CT molecular complexity index is 1600. The van der Waals surface area contributed by atoms with Gasteiger partial charge in [0.15, 0.2) is 5.82 Å². The van der Waals surface area contributed by atoms with E-state index in [9.17, 15) is 8.42 Å². The van der Waals surface area contributed by atoms with E-state index >= 15 is 0 Å². The average Bonchev–Trinajstić information content (AvgIpc) is 3.02. The van der Waals surface area contributed by atoms with Gasteiger partial charge < -0.3 is 25.2 Å². The molecule has 0 unspecified atom stereocenters. The molecule has 1 aromatic heterocycles. The number of nitrogens with zero attached hydrogens (tertiary/aromatic N) is 6. The van der Waals surface area contributed by atoms with Gasteiger partial charge >= 0.3 is 0 Å². The summed E-state index contributed by atoms with van der Waals surface area (Å²) in [5.74, 6) is 1.54. The molecule has 2 fully saturated rings. The summed E-state index contributed by atoms with van der Waals surface area (Å²) in [6.45, 7) is 9.41. The van der Waals surface area contributed by atoms with E-state index in [0.717, 1.165) is 36.8 Å². The summed E-state index contributed by atoms with van der Waals surface area (Å²) < 4.78 is 33.3. The summed E-state index contributed by atoms with van der Waals surface area (Å²) in [5.41, 5.74) is 2.95. The van der Waals surface area contributed by atoms with Gasteiger partial charge in [-0.25, -0.2) is 13.4 Å². The summed E-state index contributed by atoms with van der Waals surface area (Å²) in [6, 6.07) is 14.3. The molecule has 0 amide bonds. The van der Waals surface area contributed by atoms with Crippen LogP contribution in [-0.2, 0) is 10.0 Å². The quantitative estimate of drug-likeness (QED) is 0.358. The molecule has 1 atom stereocenters. The fraction of sp³-hybridized carbons (Fsp3) is 0.484. The lowest BCUT2D eigenvalue weighted by Gasteiger charge is -2.48. The number of sulfonamides is 1. The first-order valence-corrected chi connectivity index (χ1v) is 17.1. The molecule has 3 aromatic rings. The van der Waals surface area contributed by atoms with Crippen LogP contribution in [0.4, 0.5) is 34.5 Å². The number of halogens is 1. The standard InChI is InChI=1S/C31H41ClN8O3S/c1-21(2)44(41,42)38(4)27-8-6-5-7-26(27)35-30-25(32)18-33-31(36-30)34-22-9-10-28-29(17-22)43-20-24-19-39(15-16-40(24)28)23-11-13-37(3)14-12-23/h5-10,17-18,21,23-24H,11-16,19-20H2,1-4H3,(H2,33,34,35,36)/t24-/m1/s1. The molecule has 44 heavy (non-hydrogen) atoms. The van der Waals surface area contributed by atoms with Crippen LogP contribution in [-0.4, -0.2) is 98.9 Å².